The normalized spacial score (nSPS) is 30.8. The molecule has 1 aliphatic carbocycles. The van der Waals surface area contributed by atoms with Crippen molar-refractivity contribution in [2.45, 2.75) is 70.5 Å². The molecule has 1 aromatic rings. The zero-order chi connectivity index (χ0) is 18.1. The van der Waals surface area contributed by atoms with Crippen LogP contribution in [0.15, 0.2) is 24.3 Å². The molecule has 1 amide bonds. The van der Waals surface area contributed by atoms with Crippen LogP contribution in [0.25, 0.3) is 0 Å². The van der Waals surface area contributed by atoms with Gasteiger partial charge in [-0.1, -0.05) is 24.6 Å². The molecule has 1 aromatic carbocycles. The quantitative estimate of drug-likeness (QED) is 0.809. The van der Waals surface area contributed by atoms with Gasteiger partial charge in [0.15, 0.2) is 6.04 Å². The second-order valence-electron chi connectivity index (χ2n) is 8.76. The summed E-state index contributed by atoms with van der Waals surface area (Å²) < 4.78 is 0. The first-order chi connectivity index (χ1) is 12.6. The van der Waals surface area contributed by atoms with Crippen LogP contribution < -0.4 is 14.7 Å². The Morgan fingerprint density at radius 2 is 1.77 bits per heavy atom. The fraction of sp³-hybridized carbons (Fsp3) is 0.682. The number of fused-ring (bicyclic) bond motifs is 1. The third kappa shape index (κ3) is 3.41. The third-order valence-corrected chi connectivity index (χ3v) is 7.14. The molecule has 2 fully saturated rings. The van der Waals surface area contributed by atoms with Gasteiger partial charge < -0.3 is 14.7 Å². The molecule has 26 heavy (non-hydrogen) atoms. The zero-order valence-electron chi connectivity index (χ0n) is 16.5. The minimum absolute atomic E-state index is 0.0662. The van der Waals surface area contributed by atoms with Crippen molar-refractivity contribution in [3.8, 4) is 0 Å². The first kappa shape index (κ1) is 18.0. The highest BCUT2D eigenvalue weighted by Gasteiger charge is 2.39. The molecule has 0 radical (unpaired) electrons. The molecule has 142 valence electrons. The van der Waals surface area contributed by atoms with E-state index in [4.69, 9.17) is 0 Å². The fourth-order valence-corrected chi connectivity index (χ4v) is 5.53. The molecule has 4 rings (SSSR count). The van der Waals surface area contributed by atoms with Crippen LogP contribution in [0, 0.1) is 0 Å². The Kier molecular flexibility index (Phi) is 5.32. The van der Waals surface area contributed by atoms with E-state index in [0.717, 1.165) is 31.2 Å². The summed E-state index contributed by atoms with van der Waals surface area (Å²) in [7, 11) is 0. The molecule has 0 aromatic heterocycles. The van der Waals surface area contributed by atoms with Gasteiger partial charge in [0.05, 0.1) is 6.04 Å². The largest absolute Gasteiger partial charge is 0.323 e. The second kappa shape index (κ2) is 7.69. The summed E-state index contributed by atoms with van der Waals surface area (Å²) in [5.41, 5.74) is 2.46. The number of rotatable bonds is 3. The van der Waals surface area contributed by atoms with E-state index in [-0.39, 0.29) is 12.1 Å². The highest BCUT2D eigenvalue weighted by molar-refractivity contribution is 5.98. The van der Waals surface area contributed by atoms with Gasteiger partial charge in [0.1, 0.15) is 26.2 Å². The number of quaternary nitrogens is 2. The maximum Gasteiger partial charge on any atom is 0.285 e. The first-order valence-electron chi connectivity index (χ1n) is 10.8. The SMILES string of the molecule is C[C@@H]1Cc2ccccc2N1C(=O)[C@H](C)[NH+]1CC[NH+](C2CCCCC2)CC1. The summed E-state index contributed by atoms with van der Waals surface area (Å²) in [5, 5.41) is 0. The van der Waals surface area contributed by atoms with Crippen molar-refractivity contribution in [3.63, 3.8) is 0 Å². The number of nitrogens with zero attached hydrogens (tertiary/aromatic N) is 1. The summed E-state index contributed by atoms with van der Waals surface area (Å²) >= 11 is 0. The van der Waals surface area contributed by atoms with E-state index < -0.39 is 0 Å². The van der Waals surface area contributed by atoms with Crippen molar-refractivity contribution in [3.05, 3.63) is 29.8 Å². The number of amides is 1. The molecule has 0 spiro atoms. The van der Waals surface area contributed by atoms with Crippen molar-refractivity contribution in [2.24, 2.45) is 0 Å². The summed E-state index contributed by atoms with van der Waals surface area (Å²) in [5.74, 6) is 0.318. The third-order valence-electron chi connectivity index (χ3n) is 7.14. The van der Waals surface area contributed by atoms with Crippen molar-refractivity contribution < 1.29 is 14.6 Å². The van der Waals surface area contributed by atoms with E-state index in [1.54, 1.807) is 0 Å². The summed E-state index contributed by atoms with van der Waals surface area (Å²) in [6.45, 7) is 9.10. The number of para-hydroxylation sites is 1. The molecule has 2 heterocycles. The molecule has 0 unspecified atom stereocenters. The molecule has 0 bridgehead atoms. The van der Waals surface area contributed by atoms with Gasteiger partial charge in [0.25, 0.3) is 5.91 Å². The van der Waals surface area contributed by atoms with E-state index >= 15 is 0 Å². The van der Waals surface area contributed by atoms with E-state index in [2.05, 4.69) is 43.0 Å². The Bertz CT molecular complexity index is 632. The van der Waals surface area contributed by atoms with Gasteiger partial charge in [0.2, 0.25) is 0 Å². The molecule has 1 saturated carbocycles. The molecule has 1 saturated heterocycles. The highest BCUT2D eigenvalue weighted by Crippen LogP contribution is 2.32. The molecule has 2 aliphatic heterocycles. The standard InChI is InChI=1S/C22H33N3O/c1-17-16-19-8-6-7-11-21(19)25(17)22(26)18(2)23-12-14-24(15-13-23)20-9-4-3-5-10-20/h6-8,11,17-18,20H,3-5,9-10,12-16H2,1-2H3/p+2/t17-,18+/m1/s1. The average Bonchev–Trinajstić information content (AvgIpc) is 3.03. The van der Waals surface area contributed by atoms with Crippen molar-refractivity contribution in [1.29, 1.82) is 0 Å². The molecular formula is C22H35N3O+2. The Morgan fingerprint density at radius 3 is 2.50 bits per heavy atom. The predicted molar refractivity (Wildman–Crippen MR) is 105 cm³/mol. The van der Waals surface area contributed by atoms with Gasteiger partial charge in [-0.15, -0.1) is 0 Å². The predicted octanol–water partition coefficient (Wildman–Crippen LogP) is 0.469. The monoisotopic (exact) mass is 357 g/mol. The zero-order valence-corrected chi connectivity index (χ0v) is 16.5. The van der Waals surface area contributed by atoms with Crippen LogP contribution >= 0.6 is 0 Å². The Labute approximate surface area is 158 Å². The molecule has 2 atom stereocenters. The number of hydrogen-bond acceptors (Lipinski definition) is 1. The van der Waals surface area contributed by atoms with Crippen LogP contribution in [0.4, 0.5) is 5.69 Å². The van der Waals surface area contributed by atoms with Gasteiger partial charge in [-0.25, -0.2) is 0 Å². The lowest BCUT2D eigenvalue weighted by Gasteiger charge is -2.38. The smallest absolute Gasteiger partial charge is 0.285 e. The lowest BCUT2D eigenvalue weighted by atomic mass is 9.93. The van der Waals surface area contributed by atoms with E-state index in [0.29, 0.717) is 5.91 Å². The molecule has 4 nitrogen and oxygen atoms in total. The molecular weight excluding hydrogens is 322 g/mol. The minimum atomic E-state index is 0.0662. The second-order valence-corrected chi connectivity index (χ2v) is 8.76. The van der Waals surface area contributed by atoms with Gasteiger partial charge in [-0.3, -0.25) is 4.79 Å². The summed E-state index contributed by atoms with van der Waals surface area (Å²) in [4.78, 5) is 18.7. The van der Waals surface area contributed by atoms with Crippen LogP contribution in [-0.4, -0.2) is 50.2 Å². The van der Waals surface area contributed by atoms with Gasteiger partial charge in [-0.2, -0.15) is 0 Å². The van der Waals surface area contributed by atoms with E-state index in [9.17, 15) is 4.79 Å². The van der Waals surface area contributed by atoms with Gasteiger partial charge in [0, 0.05) is 11.7 Å². The van der Waals surface area contributed by atoms with Crippen LogP contribution in [0.5, 0.6) is 0 Å². The first-order valence-corrected chi connectivity index (χ1v) is 10.8. The number of piperazine rings is 1. The maximum atomic E-state index is 13.3. The van der Waals surface area contributed by atoms with Crippen LogP contribution in [-0.2, 0) is 11.2 Å². The highest BCUT2D eigenvalue weighted by atomic mass is 16.2. The number of hydrogen-bond donors (Lipinski definition) is 2. The number of carbonyl (C=O) groups is 1. The Hall–Kier alpha value is -1.39. The fourth-order valence-electron chi connectivity index (χ4n) is 5.53. The van der Waals surface area contributed by atoms with Crippen molar-refractivity contribution >= 4 is 11.6 Å². The number of nitrogens with one attached hydrogen (secondary N) is 2. The molecule has 2 N–H and O–H groups in total. The van der Waals surface area contributed by atoms with E-state index in [1.165, 1.54) is 55.7 Å². The maximum absolute atomic E-state index is 13.3. The van der Waals surface area contributed by atoms with Crippen LogP contribution in [0.1, 0.15) is 51.5 Å². The Balaban J connectivity index is 1.37. The van der Waals surface area contributed by atoms with Crippen LogP contribution in [0.3, 0.4) is 0 Å². The Morgan fingerprint density at radius 1 is 1.08 bits per heavy atom. The van der Waals surface area contributed by atoms with E-state index in [1.807, 2.05) is 4.90 Å². The lowest BCUT2D eigenvalue weighted by Crippen LogP contribution is -3.31. The molecule has 4 heteroatoms. The minimum Gasteiger partial charge on any atom is -0.323 e. The molecule has 3 aliphatic rings. The van der Waals surface area contributed by atoms with Gasteiger partial charge >= 0.3 is 0 Å². The van der Waals surface area contributed by atoms with Crippen molar-refractivity contribution in [1.82, 2.24) is 0 Å². The summed E-state index contributed by atoms with van der Waals surface area (Å²) in [6.07, 6.45) is 8.10. The number of benzene rings is 1. The topological polar surface area (TPSA) is 29.2 Å². The number of carbonyl (C=O) groups excluding carboxylic acids is 1. The van der Waals surface area contributed by atoms with Crippen LogP contribution in [0.2, 0.25) is 0 Å². The lowest BCUT2D eigenvalue weighted by molar-refractivity contribution is -1.03. The number of anilines is 1. The average molecular weight is 358 g/mol. The summed E-state index contributed by atoms with van der Waals surface area (Å²) in [6, 6.07) is 9.67. The van der Waals surface area contributed by atoms with Gasteiger partial charge in [-0.05, 0) is 57.6 Å². The van der Waals surface area contributed by atoms with Crippen molar-refractivity contribution in [2.75, 3.05) is 31.1 Å².